The van der Waals surface area contributed by atoms with E-state index in [0.29, 0.717) is 18.3 Å². The van der Waals surface area contributed by atoms with E-state index in [1.54, 1.807) is 0 Å². The van der Waals surface area contributed by atoms with Crippen LogP contribution in [0.2, 0.25) is 26.2 Å². The molecular weight excluding hydrogens is 659 g/mol. The number of hydrogen-bond donors (Lipinski definition) is 0. The predicted molar refractivity (Wildman–Crippen MR) is 147 cm³/mol. The fourth-order valence-corrected chi connectivity index (χ4v) is 12.3. The average Bonchev–Trinajstić information content (AvgIpc) is 2.81. The number of hydrogen-bond acceptors (Lipinski definition) is 4. The Balaban J connectivity index is 0.000000414. The van der Waals surface area contributed by atoms with Crippen LogP contribution in [0.25, 0.3) is 0 Å². The van der Waals surface area contributed by atoms with E-state index in [2.05, 4.69) is 39.3 Å². The van der Waals surface area contributed by atoms with Crippen LogP contribution in [0.4, 0.5) is 0 Å². The summed E-state index contributed by atoms with van der Waals surface area (Å²) in [7, 11) is -4.29. The maximum atomic E-state index is 6.32. The molecule has 0 N–H and O–H groups in total. The van der Waals surface area contributed by atoms with Gasteiger partial charge < -0.3 is 17.7 Å². The van der Waals surface area contributed by atoms with Gasteiger partial charge in [-0.05, 0) is 64.7 Å². The molecule has 202 valence electrons. The van der Waals surface area contributed by atoms with Gasteiger partial charge in [-0.25, -0.2) is 0 Å². The van der Waals surface area contributed by atoms with Crippen molar-refractivity contribution in [3.05, 3.63) is 24.6 Å². The van der Waals surface area contributed by atoms with Crippen LogP contribution in [0.1, 0.15) is 96.3 Å². The molecule has 3 rings (SSSR count). The zero-order valence-corrected chi connectivity index (χ0v) is 27.5. The Bertz CT molecular complexity index is 495. The van der Waals surface area contributed by atoms with Crippen molar-refractivity contribution >= 4 is 25.2 Å². The number of rotatable bonds is 10. The molecular formula is C26H51O4PPtSi2. The summed E-state index contributed by atoms with van der Waals surface area (Å²) in [5.41, 5.74) is 3.93. The third-order valence-corrected chi connectivity index (χ3v) is 14.5. The molecule has 0 aliphatic heterocycles. The summed E-state index contributed by atoms with van der Waals surface area (Å²) in [4.78, 5) is 0. The Labute approximate surface area is 228 Å². The monoisotopic (exact) mass is 709 g/mol. The Morgan fingerprint density at radius 1 is 0.559 bits per heavy atom. The van der Waals surface area contributed by atoms with E-state index in [1.807, 2.05) is 11.4 Å². The van der Waals surface area contributed by atoms with Crippen LogP contribution in [0.15, 0.2) is 24.6 Å². The van der Waals surface area contributed by atoms with Crippen LogP contribution < -0.4 is 0 Å². The van der Waals surface area contributed by atoms with E-state index >= 15 is 0 Å². The quantitative estimate of drug-likeness (QED) is 0.168. The van der Waals surface area contributed by atoms with Crippen LogP contribution >= 0.6 is 8.60 Å². The van der Waals surface area contributed by atoms with Gasteiger partial charge in [0.15, 0.2) is 16.6 Å². The summed E-state index contributed by atoms with van der Waals surface area (Å²) in [5, 5.41) is 0. The largest absolute Gasteiger partial charge is 0.449 e. The normalized spacial score (nSPS) is 21.3. The van der Waals surface area contributed by atoms with Gasteiger partial charge in [0.1, 0.15) is 0 Å². The molecule has 0 aromatic heterocycles. The van der Waals surface area contributed by atoms with Gasteiger partial charge in [-0.3, -0.25) is 0 Å². The molecule has 0 bridgehead atoms. The Kier molecular flexibility index (Phi) is 16.8. The Hall–Kier alpha value is 0.872. The van der Waals surface area contributed by atoms with Gasteiger partial charge in [0, 0.05) is 21.1 Å². The molecule has 0 radical (unpaired) electrons. The van der Waals surface area contributed by atoms with Crippen molar-refractivity contribution in [1.82, 2.24) is 0 Å². The maximum Gasteiger partial charge on any atom is 0.333 e. The van der Waals surface area contributed by atoms with Gasteiger partial charge in [0.05, 0.1) is 18.3 Å². The van der Waals surface area contributed by atoms with Crippen molar-refractivity contribution in [1.29, 1.82) is 0 Å². The summed E-state index contributed by atoms with van der Waals surface area (Å²) in [6.45, 7) is 16.2. The molecule has 3 aliphatic carbocycles. The molecule has 0 unspecified atom stereocenters. The van der Waals surface area contributed by atoms with E-state index in [4.69, 9.17) is 17.7 Å². The summed E-state index contributed by atoms with van der Waals surface area (Å²) in [6.07, 6.45) is 20.3. The second-order valence-electron chi connectivity index (χ2n) is 11.0. The van der Waals surface area contributed by atoms with Gasteiger partial charge >= 0.3 is 8.60 Å². The fraction of sp³-hybridized carbons (Fsp3) is 0.846. The molecule has 8 heteroatoms. The molecule has 0 atom stereocenters. The van der Waals surface area contributed by atoms with Crippen LogP contribution in [0.3, 0.4) is 0 Å². The van der Waals surface area contributed by atoms with E-state index in [-0.39, 0.29) is 21.1 Å². The van der Waals surface area contributed by atoms with Crippen molar-refractivity contribution < 1.29 is 38.8 Å². The molecule has 0 aromatic rings. The zero-order valence-electron chi connectivity index (χ0n) is 22.3. The van der Waals surface area contributed by atoms with Crippen molar-refractivity contribution in [3.63, 3.8) is 0 Å². The smallest absolute Gasteiger partial charge is 0.333 e. The SMILES string of the molecule is C1CCC(OP(OC2CCCCC2)OC2CCCCC2)CC1.C=C[Si](C)(C)O[Si](C)(C)C=C.[Pt]. The van der Waals surface area contributed by atoms with Crippen LogP contribution in [-0.2, 0) is 38.8 Å². The van der Waals surface area contributed by atoms with E-state index < -0.39 is 25.2 Å². The Morgan fingerprint density at radius 3 is 1.06 bits per heavy atom. The minimum Gasteiger partial charge on any atom is -0.449 e. The van der Waals surface area contributed by atoms with Gasteiger partial charge in [0.25, 0.3) is 0 Å². The Morgan fingerprint density at radius 2 is 0.824 bits per heavy atom. The standard InChI is InChI=1S/C18H33O3P.C8H18OSi2.Pt/c1-4-10-16(11-5-1)19-22(20-17-12-6-2-7-13-17)21-18-14-8-3-9-15-18;1-7-10(3,4)9-11(5,6)8-2;/h16-18H,1-15H2;7-8H,1-2H2,3-6H3;. The van der Waals surface area contributed by atoms with Crippen molar-refractivity contribution in [2.75, 3.05) is 0 Å². The summed E-state index contributed by atoms with van der Waals surface area (Å²) < 4.78 is 24.9. The molecule has 0 saturated heterocycles. The van der Waals surface area contributed by atoms with Gasteiger partial charge in [-0.2, -0.15) is 0 Å². The topological polar surface area (TPSA) is 36.9 Å². The molecule has 3 saturated carbocycles. The predicted octanol–water partition coefficient (Wildman–Crippen LogP) is 9.12. The van der Waals surface area contributed by atoms with E-state index in [0.717, 1.165) is 0 Å². The first-order valence-corrected chi connectivity index (χ1v) is 20.6. The summed E-state index contributed by atoms with van der Waals surface area (Å²) in [5.74, 6) is 0. The van der Waals surface area contributed by atoms with Crippen molar-refractivity contribution in [3.8, 4) is 0 Å². The average molecular weight is 710 g/mol. The van der Waals surface area contributed by atoms with Crippen molar-refractivity contribution in [2.24, 2.45) is 0 Å². The molecule has 0 amide bonds. The molecule has 4 nitrogen and oxygen atoms in total. The molecule has 34 heavy (non-hydrogen) atoms. The van der Waals surface area contributed by atoms with Gasteiger partial charge in [0.2, 0.25) is 0 Å². The van der Waals surface area contributed by atoms with Crippen LogP contribution in [-0.4, -0.2) is 34.9 Å². The molecule has 3 aliphatic rings. The first-order valence-electron chi connectivity index (χ1n) is 13.5. The first kappa shape index (κ1) is 32.9. The fourth-order valence-electron chi connectivity index (χ4n) is 4.71. The minimum atomic E-state index is -1.58. The van der Waals surface area contributed by atoms with E-state index in [1.165, 1.54) is 96.3 Å². The van der Waals surface area contributed by atoms with Crippen molar-refractivity contribution in [2.45, 2.75) is 141 Å². The molecule has 0 spiro atoms. The zero-order chi connectivity index (χ0) is 24.2. The molecule has 3 fully saturated rings. The summed E-state index contributed by atoms with van der Waals surface area (Å²) >= 11 is 0. The second kappa shape index (κ2) is 17.4. The third kappa shape index (κ3) is 14.0. The minimum absolute atomic E-state index is 0. The third-order valence-electron chi connectivity index (χ3n) is 6.87. The van der Waals surface area contributed by atoms with Gasteiger partial charge in [-0.1, -0.05) is 69.2 Å². The van der Waals surface area contributed by atoms with Gasteiger partial charge in [-0.15, -0.1) is 13.2 Å². The van der Waals surface area contributed by atoms with Crippen LogP contribution in [0.5, 0.6) is 0 Å². The van der Waals surface area contributed by atoms with E-state index in [9.17, 15) is 0 Å². The summed E-state index contributed by atoms with van der Waals surface area (Å²) in [6, 6.07) is 0. The van der Waals surface area contributed by atoms with Crippen LogP contribution in [0, 0.1) is 0 Å². The molecule has 0 aromatic carbocycles. The second-order valence-corrected chi connectivity index (χ2v) is 20.2. The first-order chi connectivity index (χ1) is 15.7. The molecule has 0 heterocycles. The maximum absolute atomic E-state index is 6.32.